The minimum Gasteiger partial charge on any atom is -0.508 e. The third kappa shape index (κ3) is 2.48. The Bertz CT molecular complexity index is 593. The predicted molar refractivity (Wildman–Crippen MR) is 64.2 cm³/mol. The van der Waals surface area contributed by atoms with Gasteiger partial charge in [0.05, 0.1) is 5.56 Å². The smallest absolute Gasteiger partial charge is 0.171 e. The van der Waals surface area contributed by atoms with Crippen molar-refractivity contribution in [1.29, 1.82) is 0 Å². The summed E-state index contributed by atoms with van der Waals surface area (Å²) in [5, 5.41) is 18.8. The first-order valence-corrected chi connectivity index (χ1v) is 5.36. The molecule has 0 unspecified atom stereocenters. The van der Waals surface area contributed by atoms with Crippen LogP contribution in [0.2, 0.25) is 0 Å². The van der Waals surface area contributed by atoms with E-state index in [0.29, 0.717) is 0 Å². The number of carbonyl (C=O) groups is 1. The Morgan fingerprint density at radius 1 is 1.11 bits per heavy atom. The summed E-state index contributed by atoms with van der Waals surface area (Å²) in [5.41, 5.74) is 0.239. The highest BCUT2D eigenvalue weighted by atomic mass is 19.1. The lowest BCUT2D eigenvalue weighted by Gasteiger charge is -2.05. The number of halogens is 1. The van der Waals surface area contributed by atoms with Crippen molar-refractivity contribution in [2.45, 2.75) is 6.42 Å². The van der Waals surface area contributed by atoms with Crippen molar-refractivity contribution in [1.82, 2.24) is 0 Å². The largest absolute Gasteiger partial charge is 0.508 e. The molecule has 3 nitrogen and oxygen atoms in total. The van der Waals surface area contributed by atoms with Gasteiger partial charge in [0.25, 0.3) is 0 Å². The van der Waals surface area contributed by atoms with E-state index >= 15 is 0 Å². The third-order valence-corrected chi connectivity index (χ3v) is 2.59. The van der Waals surface area contributed by atoms with Crippen molar-refractivity contribution in [3.63, 3.8) is 0 Å². The maximum atomic E-state index is 13.4. The van der Waals surface area contributed by atoms with E-state index in [1.54, 1.807) is 6.07 Å². The van der Waals surface area contributed by atoms with Gasteiger partial charge in [0.2, 0.25) is 0 Å². The molecule has 0 aliphatic heterocycles. The van der Waals surface area contributed by atoms with Gasteiger partial charge in [-0.15, -0.1) is 0 Å². The molecule has 0 bridgehead atoms. The fourth-order valence-electron chi connectivity index (χ4n) is 1.66. The number of ketones is 1. The second-order valence-corrected chi connectivity index (χ2v) is 3.89. The summed E-state index contributed by atoms with van der Waals surface area (Å²) < 4.78 is 13.4. The van der Waals surface area contributed by atoms with Gasteiger partial charge < -0.3 is 10.2 Å². The highest BCUT2D eigenvalue weighted by Crippen LogP contribution is 2.24. The Balaban J connectivity index is 2.28. The van der Waals surface area contributed by atoms with Crippen LogP contribution in [0.5, 0.6) is 11.5 Å². The summed E-state index contributed by atoms with van der Waals surface area (Å²) in [5.74, 6) is -1.27. The molecule has 0 radical (unpaired) electrons. The van der Waals surface area contributed by atoms with Crippen LogP contribution in [-0.4, -0.2) is 16.0 Å². The van der Waals surface area contributed by atoms with Crippen LogP contribution < -0.4 is 0 Å². The molecule has 0 aliphatic rings. The molecule has 2 rings (SSSR count). The molecular weight excluding hydrogens is 235 g/mol. The van der Waals surface area contributed by atoms with Crippen LogP contribution in [0.25, 0.3) is 0 Å². The average molecular weight is 246 g/mol. The first kappa shape index (κ1) is 12.1. The van der Waals surface area contributed by atoms with Gasteiger partial charge >= 0.3 is 0 Å². The summed E-state index contributed by atoms with van der Waals surface area (Å²) >= 11 is 0. The van der Waals surface area contributed by atoms with Crippen LogP contribution in [0, 0.1) is 5.82 Å². The zero-order valence-corrected chi connectivity index (χ0v) is 9.43. The highest BCUT2D eigenvalue weighted by molar-refractivity contribution is 6.00. The van der Waals surface area contributed by atoms with Gasteiger partial charge in [-0.2, -0.15) is 0 Å². The fraction of sp³-hybridized carbons (Fsp3) is 0.0714. The normalized spacial score (nSPS) is 10.3. The Kier molecular flexibility index (Phi) is 3.28. The lowest BCUT2D eigenvalue weighted by Crippen LogP contribution is -2.05. The number of rotatable bonds is 3. The zero-order chi connectivity index (χ0) is 13.1. The van der Waals surface area contributed by atoms with E-state index in [9.17, 15) is 19.4 Å². The molecule has 0 heterocycles. The molecule has 2 aromatic carbocycles. The standard InChI is InChI=1S/C14H11FO3/c15-12-4-2-1-3-9(12)7-14(18)11-8-10(16)5-6-13(11)17/h1-6,8,16-17H,7H2. The molecule has 2 aromatic rings. The summed E-state index contributed by atoms with van der Waals surface area (Å²) in [6.07, 6.45) is -0.163. The van der Waals surface area contributed by atoms with Crippen molar-refractivity contribution in [2.24, 2.45) is 0 Å². The molecule has 18 heavy (non-hydrogen) atoms. The van der Waals surface area contributed by atoms with Crippen LogP contribution in [0.1, 0.15) is 15.9 Å². The Hall–Kier alpha value is -2.36. The summed E-state index contributed by atoms with van der Waals surface area (Å²) in [6.45, 7) is 0. The van der Waals surface area contributed by atoms with Gasteiger partial charge in [-0.05, 0) is 29.8 Å². The maximum absolute atomic E-state index is 13.4. The summed E-state index contributed by atoms with van der Waals surface area (Å²) in [7, 11) is 0. The molecule has 0 fully saturated rings. The molecule has 0 atom stereocenters. The van der Waals surface area contributed by atoms with E-state index in [1.165, 1.54) is 36.4 Å². The predicted octanol–water partition coefficient (Wildman–Crippen LogP) is 2.66. The number of phenols is 2. The number of phenolic OH excluding ortho intramolecular Hbond substituents is 2. The maximum Gasteiger partial charge on any atom is 0.171 e. The number of benzene rings is 2. The SMILES string of the molecule is O=C(Cc1ccccc1F)c1cc(O)ccc1O. The average Bonchev–Trinajstić information content (AvgIpc) is 2.35. The van der Waals surface area contributed by atoms with E-state index in [0.717, 1.165) is 0 Å². The zero-order valence-electron chi connectivity index (χ0n) is 9.43. The fourth-order valence-corrected chi connectivity index (χ4v) is 1.66. The van der Waals surface area contributed by atoms with Crippen molar-refractivity contribution < 1.29 is 19.4 Å². The van der Waals surface area contributed by atoms with Crippen molar-refractivity contribution in [3.8, 4) is 11.5 Å². The Morgan fingerprint density at radius 3 is 2.56 bits per heavy atom. The van der Waals surface area contributed by atoms with E-state index in [-0.39, 0.29) is 29.0 Å². The minimum atomic E-state index is -0.467. The molecule has 0 aliphatic carbocycles. The lowest BCUT2D eigenvalue weighted by molar-refractivity contribution is 0.0989. The van der Waals surface area contributed by atoms with Crippen LogP contribution >= 0.6 is 0 Å². The number of carbonyl (C=O) groups excluding carboxylic acids is 1. The third-order valence-electron chi connectivity index (χ3n) is 2.59. The highest BCUT2D eigenvalue weighted by Gasteiger charge is 2.14. The summed E-state index contributed by atoms with van der Waals surface area (Å²) in [4.78, 5) is 11.9. The van der Waals surface area contributed by atoms with Crippen LogP contribution in [0.3, 0.4) is 0 Å². The lowest BCUT2D eigenvalue weighted by atomic mass is 10.0. The minimum absolute atomic E-state index is 0.0155. The molecule has 92 valence electrons. The van der Waals surface area contributed by atoms with Crippen LogP contribution in [-0.2, 0) is 6.42 Å². The Labute approximate surface area is 103 Å². The quantitative estimate of drug-likeness (QED) is 0.646. The molecule has 0 aromatic heterocycles. The first-order chi connectivity index (χ1) is 8.58. The van der Waals surface area contributed by atoms with Crippen LogP contribution in [0.4, 0.5) is 4.39 Å². The van der Waals surface area contributed by atoms with Gasteiger partial charge in [-0.25, -0.2) is 4.39 Å². The van der Waals surface area contributed by atoms with Gasteiger partial charge in [0.15, 0.2) is 5.78 Å². The molecule has 0 saturated heterocycles. The van der Waals surface area contributed by atoms with E-state index in [4.69, 9.17) is 0 Å². The van der Waals surface area contributed by atoms with Crippen molar-refractivity contribution in [2.75, 3.05) is 0 Å². The van der Waals surface area contributed by atoms with Gasteiger partial charge in [-0.1, -0.05) is 18.2 Å². The molecule has 0 spiro atoms. The van der Waals surface area contributed by atoms with Crippen LogP contribution in [0.15, 0.2) is 42.5 Å². The number of aromatic hydroxyl groups is 2. The van der Waals surface area contributed by atoms with E-state index in [1.807, 2.05) is 0 Å². The van der Waals surface area contributed by atoms with E-state index in [2.05, 4.69) is 0 Å². The van der Waals surface area contributed by atoms with Gasteiger partial charge in [-0.3, -0.25) is 4.79 Å². The summed E-state index contributed by atoms with van der Waals surface area (Å²) in [6, 6.07) is 9.61. The molecule has 4 heteroatoms. The van der Waals surface area contributed by atoms with Crippen molar-refractivity contribution in [3.05, 3.63) is 59.4 Å². The number of Topliss-reactive ketones (excluding diaryl/α,β-unsaturated/α-hetero) is 1. The molecule has 2 N–H and O–H groups in total. The monoisotopic (exact) mass is 246 g/mol. The van der Waals surface area contributed by atoms with Gasteiger partial charge in [0.1, 0.15) is 17.3 Å². The second-order valence-electron chi connectivity index (χ2n) is 3.89. The first-order valence-electron chi connectivity index (χ1n) is 5.36. The Morgan fingerprint density at radius 2 is 1.83 bits per heavy atom. The second kappa shape index (κ2) is 4.87. The van der Waals surface area contributed by atoms with Gasteiger partial charge in [0, 0.05) is 6.42 Å². The molecular formula is C14H11FO3. The number of hydrogen-bond acceptors (Lipinski definition) is 3. The topological polar surface area (TPSA) is 57.5 Å². The van der Waals surface area contributed by atoms with Crippen molar-refractivity contribution >= 4 is 5.78 Å². The molecule has 0 amide bonds. The number of hydrogen-bond donors (Lipinski definition) is 2. The van der Waals surface area contributed by atoms with E-state index < -0.39 is 11.6 Å². The molecule has 0 saturated carbocycles.